The SMILES string of the molecule is CC(C)(c1ccccc1)c1nc2c(c(=O)[nH]1)CN(C(=O)C(O)c1cccc(F)c1F)CC2. The van der Waals surface area contributed by atoms with E-state index in [4.69, 9.17) is 0 Å². The number of amides is 1. The van der Waals surface area contributed by atoms with Gasteiger partial charge in [0, 0.05) is 23.9 Å². The first-order valence-electron chi connectivity index (χ1n) is 10.3. The van der Waals surface area contributed by atoms with Crippen LogP contribution in [0.1, 0.15) is 48.2 Å². The third kappa shape index (κ3) is 3.82. The van der Waals surface area contributed by atoms with Crippen molar-refractivity contribution in [1.82, 2.24) is 14.9 Å². The zero-order valence-electron chi connectivity index (χ0n) is 17.7. The van der Waals surface area contributed by atoms with Gasteiger partial charge in [-0.2, -0.15) is 0 Å². The number of aliphatic hydroxyl groups is 1. The molecular formula is C24H23F2N3O3. The van der Waals surface area contributed by atoms with Crippen LogP contribution >= 0.6 is 0 Å². The highest BCUT2D eigenvalue weighted by Crippen LogP contribution is 2.29. The molecule has 0 saturated carbocycles. The molecule has 4 rings (SSSR count). The average Bonchev–Trinajstić information content (AvgIpc) is 2.80. The maximum atomic E-state index is 14.0. The molecule has 1 unspecified atom stereocenters. The summed E-state index contributed by atoms with van der Waals surface area (Å²) in [7, 11) is 0. The van der Waals surface area contributed by atoms with Crippen molar-refractivity contribution < 1.29 is 18.7 Å². The molecule has 2 N–H and O–H groups in total. The number of carbonyl (C=O) groups is 1. The Morgan fingerprint density at radius 3 is 2.59 bits per heavy atom. The first-order valence-corrected chi connectivity index (χ1v) is 10.3. The van der Waals surface area contributed by atoms with Crippen molar-refractivity contribution in [2.24, 2.45) is 0 Å². The third-order valence-corrected chi connectivity index (χ3v) is 5.98. The summed E-state index contributed by atoms with van der Waals surface area (Å²) in [4.78, 5) is 34.4. The fourth-order valence-electron chi connectivity index (χ4n) is 3.94. The number of halogens is 2. The minimum Gasteiger partial charge on any atom is -0.378 e. The fraction of sp³-hybridized carbons (Fsp3) is 0.292. The summed E-state index contributed by atoms with van der Waals surface area (Å²) >= 11 is 0. The monoisotopic (exact) mass is 439 g/mol. The van der Waals surface area contributed by atoms with Crippen molar-refractivity contribution in [2.75, 3.05) is 6.54 Å². The minimum absolute atomic E-state index is 0.0729. The van der Waals surface area contributed by atoms with Crippen LogP contribution in [0.2, 0.25) is 0 Å². The van der Waals surface area contributed by atoms with Crippen LogP contribution in [0.4, 0.5) is 8.78 Å². The number of fused-ring (bicyclic) bond motifs is 1. The van der Waals surface area contributed by atoms with Crippen LogP contribution < -0.4 is 5.56 Å². The lowest BCUT2D eigenvalue weighted by atomic mass is 9.83. The third-order valence-electron chi connectivity index (χ3n) is 5.98. The van der Waals surface area contributed by atoms with E-state index in [0.717, 1.165) is 17.7 Å². The molecule has 0 aliphatic carbocycles. The summed E-state index contributed by atoms with van der Waals surface area (Å²) in [5.74, 6) is -2.69. The highest BCUT2D eigenvalue weighted by molar-refractivity contribution is 5.82. The second-order valence-corrected chi connectivity index (χ2v) is 8.39. The lowest BCUT2D eigenvalue weighted by Gasteiger charge is -2.31. The molecule has 0 saturated heterocycles. The van der Waals surface area contributed by atoms with E-state index in [1.165, 1.54) is 11.0 Å². The number of aliphatic hydroxyl groups excluding tert-OH is 1. The highest BCUT2D eigenvalue weighted by atomic mass is 19.2. The molecule has 1 amide bonds. The Bertz CT molecular complexity index is 1220. The second-order valence-electron chi connectivity index (χ2n) is 8.39. The molecule has 32 heavy (non-hydrogen) atoms. The standard InChI is InChI=1S/C24H23F2N3O3/c1-24(2,14-7-4-3-5-8-14)23-27-18-11-12-29(13-16(18)21(31)28-23)22(32)20(30)15-9-6-10-17(25)19(15)26/h3-10,20,30H,11-13H2,1-2H3,(H,27,28,31). The molecule has 1 aromatic heterocycles. The number of aromatic nitrogens is 2. The molecule has 2 heterocycles. The zero-order valence-corrected chi connectivity index (χ0v) is 17.7. The van der Waals surface area contributed by atoms with Crippen molar-refractivity contribution >= 4 is 5.91 Å². The molecule has 0 radical (unpaired) electrons. The summed E-state index contributed by atoms with van der Waals surface area (Å²) in [5, 5.41) is 10.3. The number of H-pyrrole nitrogens is 1. The second kappa shape index (κ2) is 8.27. The number of hydrogen-bond acceptors (Lipinski definition) is 4. The van der Waals surface area contributed by atoms with Gasteiger partial charge in [0.05, 0.1) is 17.8 Å². The van der Waals surface area contributed by atoms with Gasteiger partial charge in [-0.3, -0.25) is 9.59 Å². The van der Waals surface area contributed by atoms with Crippen LogP contribution in [0.5, 0.6) is 0 Å². The maximum Gasteiger partial charge on any atom is 0.256 e. The number of aromatic amines is 1. The zero-order chi connectivity index (χ0) is 23.0. The summed E-state index contributed by atoms with van der Waals surface area (Å²) in [6.45, 7) is 4.06. The van der Waals surface area contributed by atoms with Crippen molar-refractivity contribution in [3.05, 3.63) is 98.7 Å². The van der Waals surface area contributed by atoms with Gasteiger partial charge >= 0.3 is 0 Å². The Labute approximate surface area is 183 Å². The van der Waals surface area contributed by atoms with Crippen molar-refractivity contribution in [2.45, 2.75) is 38.3 Å². The quantitative estimate of drug-likeness (QED) is 0.655. The van der Waals surface area contributed by atoms with E-state index in [2.05, 4.69) is 9.97 Å². The first kappa shape index (κ1) is 21.8. The molecule has 1 aliphatic heterocycles. The van der Waals surface area contributed by atoms with Crippen molar-refractivity contribution in [1.29, 1.82) is 0 Å². The van der Waals surface area contributed by atoms with Gasteiger partial charge in [0.2, 0.25) is 0 Å². The van der Waals surface area contributed by atoms with E-state index in [1.54, 1.807) is 0 Å². The molecule has 0 bridgehead atoms. The molecule has 8 heteroatoms. The van der Waals surface area contributed by atoms with Gasteiger partial charge in [0.1, 0.15) is 5.82 Å². The number of hydrogen-bond donors (Lipinski definition) is 2. The van der Waals surface area contributed by atoms with E-state index in [-0.39, 0.29) is 18.6 Å². The lowest BCUT2D eigenvalue weighted by molar-refractivity contribution is -0.141. The van der Waals surface area contributed by atoms with Gasteiger partial charge in [-0.15, -0.1) is 0 Å². The van der Waals surface area contributed by atoms with Gasteiger partial charge < -0.3 is 15.0 Å². The number of nitrogens with zero attached hydrogens (tertiary/aromatic N) is 2. The van der Waals surface area contributed by atoms with Crippen LogP contribution in [0.15, 0.2) is 53.3 Å². The Morgan fingerprint density at radius 1 is 1.16 bits per heavy atom. The number of rotatable bonds is 4. The molecule has 1 atom stereocenters. The smallest absolute Gasteiger partial charge is 0.256 e. The topological polar surface area (TPSA) is 86.3 Å². The summed E-state index contributed by atoms with van der Waals surface area (Å²) in [6.07, 6.45) is -1.56. The minimum atomic E-state index is -1.87. The molecule has 2 aromatic carbocycles. The van der Waals surface area contributed by atoms with E-state index >= 15 is 0 Å². The maximum absolute atomic E-state index is 14.0. The van der Waals surface area contributed by atoms with Gasteiger partial charge in [0.25, 0.3) is 11.5 Å². The lowest BCUT2D eigenvalue weighted by Crippen LogP contribution is -2.42. The molecule has 0 fully saturated rings. The Kier molecular flexibility index (Phi) is 5.64. The van der Waals surface area contributed by atoms with E-state index in [1.807, 2.05) is 44.2 Å². The van der Waals surface area contributed by atoms with Crippen LogP contribution in [0.3, 0.4) is 0 Å². The van der Waals surface area contributed by atoms with Gasteiger partial charge in [-0.25, -0.2) is 13.8 Å². The normalized spacial score (nSPS) is 14.7. The molecule has 1 aliphatic rings. The number of benzene rings is 2. The Balaban J connectivity index is 1.60. The molecule has 166 valence electrons. The van der Waals surface area contributed by atoms with Gasteiger partial charge in [0.15, 0.2) is 17.7 Å². The highest BCUT2D eigenvalue weighted by Gasteiger charge is 2.33. The van der Waals surface area contributed by atoms with E-state index in [0.29, 0.717) is 23.5 Å². The van der Waals surface area contributed by atoms with Crippen LogP contribution in [-0.4, -0.2) is 32.4 Å². The predicted octanol–water partition coefficient (Wildman–Crippen LogP) is 2.99. The van der Waals surface area contributed by atoms with Crippen LogP contribution in [0, 0.1) is 11.6 Å². The molecular weight excluding hydrogens is 416 g/mol. The van der Waals surface area contributed by atoms with Crippen LogP contribution in [0.25, 0.3) is 0 Å². The van der Waals surface area contributed by atoms with E-state index in [9.17, 15) is 23.5 Å². The first-order chi connectivity index (χ1) is 15.2. The molecule has 3 aromatic rings. The largest absolute Gasteiger partial charge is 0.378 e. The average molecular weight is 439 g/mol. The Hall–Kier alpha value is -3.39. The van der Waals surface area contributed by atoms with Gasteiger partial charge in [-0.1, -0.05) is 42.5 Å². The van der Waals surface area contributed by atoms with E-state index < -0.39 is 34.6 Å². The van der Waals surface area contributed by atoms with Gasteiger partial charge in [-0.05, 0) is 25.5 Å². The summed E-state index contributed by atoms with van der Waals surface area (Å²) in [6, 6.07) is 13.0. The van der Waals surface area contributed by atoms with Crippen molar-refractivity contribution in [3.63, 3.8) is 0 Å². The molecule has 0 spiro atoms. The number of nitrogens with one attached hydrogen (secondary N) is 1. The predicted molar refractivity (Wildman–Crippen MR) is 114 cm³/mol. The van der Waals surface area contributed by atoms with Crippen LogP contribution in [-0.2, 0) is 23.2 Å². The summed E-state index contributed by atoms with van der Waals surface area (Å²) < 4.78 is 27.5. The van der Waals surface area contributed by atoms with Crippen molar-refractivity contribution in [3.8, 4) is 0 Å². The fourth-order valence-corrected chi connectivity index (χ4v) is 3.94. The molecule has 6 nitrogen and oxygen atoms in total. The summed E-state index contributed by atoms with van der Waals surface area (Å²) in [5.41, 5.74) is 0.571. The Morgan fingerprint density at radius 2 is 1.88 bits per heavy atom. The number of carbonyl (C=O) groups excluding carboxylic acids is 1.